The lowest BCUT2D eigenvalue weighted by Crippen LogP contribution is -2.58. The molecule has 98 valence electrons. The van der Waals surface area contributed by atoms with E-state index < -0.39 is 0 Å². The third kappa shape index (κ3) is 1.94. The molecule has 3 fully saturated rings. The average molecular weight is 238 g/mol. The van der Waals surface area contributed by atoms with Gasteiger partial charge in [0, 0.05) is 11.8 Å². The Morgan fingerprint density at radius 3 is 2.41 bits per heavy atom. The Balaban J connectivity index is 1.61. The van der Waals surface area contributed by atoms with Crippen LogP contribution < -0.4 is 0 Å². The first-order chi connectivity index (χ1) is 8.22. The molecule has 0 aromatic rings. The third-order valence-electron chi connectivity index (χ3n) is 5.65. The Morgan fingerprint density at radius 2 is 1.76 bits per heavy atom. The number of ether oxygens (including phenoxy) is 1. The minimum Gasteiger partial charge on any atom is -0.392 e. The van der Waals surface area contributed by atoms with E-state index in [0.29, 0.717) is 12.2 Å². The summed E-state index contributed by atoms with van der Waals surface area (Å²) in [5.74, 6) is 0.722. The zero-order valence-electron chi connectivity index (χ0n) is 11.0. The van der Waals surface area contributed by atoms with E-state index in [1.54, 1.807) is 0 Å². The summed E-state index contributed by atoms with van der Waals surface area (Å²) in [7, 11) is 0. The first kappa shape index (κ1) is 12.0. The highest BCUT2D eigenvalue weighted by molar-refractivity contribution is 5.06. The molecule has 0 aromatic heterocycles. The van der Waals surface area contributed by atoms with Gasteiger partial charge in [0.05, 0.1) is 18.3 Å². The number of aliphatic hydroxyl groups excluding tert-OH is 1. The third-order valence-corrected chi connectivity index (χ3v) is 5.65. The van der Waals surface area contributed by atoms with Crippen LogP contribution in [0.15, 0.2) is 0 Å². The lowest BCUT2D eigenvalue weighted by Gasteiger charge is -2.53. The zero-order valence-corrected chi connectivity index (χ0v) is 11.0. The minimum atomic E-state index is -0.0751. The molecule has 1 N–H and O–H groups in total. The molecule has 0 bridgehead atoms. The van der Waals surface area contributed by atoms with E-state index in [4.69, 9.17) is 4.74 Å². The first-order valence-electron chi connectivity index (χ1n) is 7.56. The van der Waals surface area contributed by atoms with E-state index in [0.717, 1.165) is 12.3 Å². The van der Waals surface area contributed by atoms with Crippen molar-refractivity contribution in [3.8, 4) is 0 Å². The maximum atomic E-state index is 10.1. The fourth-order valence-electron chi connectivity index (χ4n) is 4.30. The maximum Gasteiger partial charge on any atom is 0.0684 e. The monoisotopic (exact) mass is 238 g/mol. The Hall–Kier alpha value is -0.0800. The van der Waals surface area contributed by atoms with Gasteiger partial charge in [0.2, 0.25) is 0 Å². The van der Waals surface area contributed by atoms with Crippen molar-refractivity contribution in [1.29, 1.82) is 0 Å². The van der Waals surface area contributed by atoms with Gasteiger partial charge in [-0.05, 0) is 31.6 Å². The van der Waals surface area contributed by atoms with Crippen LogP contribution >= 0.6 is 0 Å². The number of aliphatic hydroxyl groups is 1. The van der Waals surface area contributed by atoms with Crippen molar-refractivity contribution >= 4 is 0 Å². The van der Waals surface area contributed by atoms with Gasteiger partial charge in [-0.15, -0.1) is 0 Å². The fourth-order valence-corrected chi connectivity index (χ4v) is 4.30. The lowest BCUT2D eigenvalue weighted by atomic mass is 9.62. The van der Waals surface area contributed by atoms with Crippen LogP contribution in [0.25, 0.3) is 0 Å². The van der Waals surface area contributed by atoms with Crippen molar-refractivity contribution in [2.24, 2.45) is 11.3 Å². The van der Waals surface area contributed by atoms with Crippen LogP contribution in [-0.4, -0.2) is 23.4 Å². The van der Waals surface area contributed by atoms with Crippen LogP contribution in [-0.2, 0) is 4.74 Å². The molecule has 0 aliphatic heterocycles. The minimum absolute atomic E-state index is 0.0751. The number of hydrogen-bond donors (Lipinski definition) is 1. The topological polar surface area (TPSA) is 29.5 Å². The molecule has 0 saturated heterocycles. The second kappa shape index (κ2) is 4.55. The van der Waals surface area contributed by atoms with Gasteiger partial charge >= 0.3 is 0 Å². The molecule has 3 aliphatic rings. The molecule has 3 aliphatic carbocycles. The van der Waals surface area contributed by atoms with Crippen molar-refractivity contribution < 1.29 is 9.84 Å². The summed E-state index contributed by atoms with van der Waals surface area (Å²) in [6.45, 7) is 2.33. The van der Waals surface area contributed by atoms with Gasteiger partial charge in [-0.25, -0.2) is 0 Å². The molecule has 17 heavy (non-hydrogen) atoms. The average Bonchev–Trinajstić information content (AvgIpc) is 2.83. The molecule has 0 radical (unpaired) electrons. The summed E-state index contributed by atoms with van der Waals surface area (Å²) < 4.78 is 6.39. The molecule has 4 unspecified atom stereocenters. The summed E-state index contributed by atoms with van der Waals surface area (Å²) in [5, 5.41) is 10.1. The predicted molar refractivity (Wildman–Crippen MR) is 67.8 cm³/mol. The predicted octanol–water partition coefficient (Wildman–Crippen LogP) is 3.28. The summed E-state index contributed by atoms with van der Waals surface area (Å²) in [6.07, 6.45) is 11.9. The van der Waals surface area contributed by atoms with E-state index in [2.05, 4.69) is 6.92 Å². The fraction of sp³-hybridized carbons (Fsp3) is 1.00. The summed E-state index contributed by atoms with van der Waals surface area (Å²) in [5.41, 5.74) is 0.164. The summed E-state index contributed by atoms with van der Waals surface area (Å²) in [6, 6.07) is 0. The molecule has 0 amide bonds. The van der Waals surface area contributed by atoms with Gasteiger partial charge in [0.1, 0.15) is 0 Å². The van der Waals surface area contributed by atoms with Crippen LogP contribution in [0.1, 0.15) is 64.7 Å². The van der Waals surface area contributed by atoms with Gasteiger partial charge in [0.15, 0.2) is 0 Å². The quantitative estimate of drug-likeness (QED) is 0.800. The van der Waals surface area contributed by atoms with Gasteiger partial charge in [-0.2, -0.15) is 0 Å². The second-order valence-electron chi connectivity index (χ2n) is 6.62. The van der Waals surface area contributed by atoms with E-state index in [1.807, 2.05) is 0 Å². The Labute approximate surface area is 105 Å². The largest absolute Gasteiger partial charge is 0.392 e. The summed E-state index contributed by atoms with van der Waals surface area (Å²) >= 11 is 0. The van der Waals surface area contributed by atoms with E-state index in [9.17, 15) is 5.11 Å². The highest BCUT2D eigenvalue weighted by Gasteiger charge is 2.56. The standard InChI is InChI=1S/C15H26O2/c1-11-6-2-3-7-12(11)17-14-10-13(16)15(14)8-4-5-9-15/h11-14,16H,2-10H2,1H3. The van der Waals surface area contributed by atoms with Crippen LogP contribution in [0.3, 0.4) is 0 Å². The van der Waals surface area contributed by atoms with E-state index in [-0.39, 0.29) is 11.5 Å². The van der Waals surface area contributed by atoms with Crippen molar-refractivity contribution in [2.45, 2.75) is 83.0 Å². The molecule has 1 spiro atoms. The van der Waals surface area contributed by atoms with Gasteiger partial charge in [-0.3, -0.25) is 0 Å². The molecular formula is C15H26O2. The lowest BCUT2D eigenvalue weighted by molar-refractivity contribution is -0.218. The van der Waals surface area contributed by atoms with Gasteiger partial charge < -0.3 is 9.84 Å². The van der Waals surface area contributed by atoms with E-state index >= 15 is 0 Å². The Morgan fingerprint density at radius 1 is 1.06 bits per heavy atom. The van der Waals surface area contributed by atoms with Crippen molar-refractivity contribution in [2.75, 3.05) is 0 Å². The van der Waals surface area contributed by atoms with Crippen LogP contribution in [0.2, 0.25) is 0 Å². The number of rotatable bonds is 2. The van der Waals surface area contributed by atoms with Crippen LogP contribution in [0.4, 0.5) is 0 Å². The highest BCUT2D eigenvalue weighted by Crippen LogP contribution is 2.55. The van der Waals surface area contributed by atoms with E-state index in [1.165, 1.54) is 51.4 Å². The Bertz CT molecular complexity index is 270. The van der Waals surface area contributed by atoms with Gasteiger partial charge in [0.25, 0.3) is 0 Å². The molecule has 4 atom stereocenters. The molecule has 0 aromatic carbocycles. The molecule has 0 heterocycles. The molecule has 3 saturated carbocycles. The normalized spacial score (nSPS) is 44.8. The smallest absolute Gasteiger partial charge is 0.0684 e. The molecule has 2 heteroatoms. The van der Waals surface area contributed by atoms with Crippen molar-refractivity contribution in [3.63, 3.8) is 0 Å². The highest BCUT2D eigenvalue weighted by atomic mass is 16.5. The summed E-state index contributed by atoms with van der Waals surface area (Å²) in [4.78, 5) is 0. The maximum absolute atomic E-state index is 10.1. The van der Waals surface area contributed by atoms with Crippen molar-refractivity contribution in [3.05, 3.63) is 0 Å². The zero-order chi connectivity index (χ0) is 11.9. The van der Waals surface area contributed by atoms with Crippen molar-refractivity contribution in [1.82, 2.24) is 0 Å². The first-order valence-corrected chi connectivity index (χ1v) is 7.56. The SMILES string of the molecule is CC1CCCCC1OC1CC(O)C12CCCC2. The molecular weight excluding hydrogens is 212 g/mol. The number of hydrogen-bond acceptors (Lipinski definition) is 2. The second-order valence-corrected chi connectivity index (χ2v) is 6.62. The molecule has 3 rings (SSSR count). The van der Waals surface area contributed by atoms with Crippen LogP contribution in [0, 0.1) is 11.3 Å². The molecule has 2 nitrogen and oxygen atoms in total. The Kier molecular flexibility index (Phi) is 3.20. The van der Waals surface area contributed by atoms with Crippen LogP contribution in [0.5, 0.6) is 0 Å². The van der Waals surface area contributed by atoms with Gasteiger partial charge in [-0.1, -0.05) is 32.6 Å².